The van der Waals surface area contributed by atoms with Crippen LogP contribution in [-0.2, 0) is 4.79 Å². The van der Waals surface area contributed by atoms with E-state index in [9.17, 15) is 9.59 Å². The largest absolute Gasteiger partial charge is 0.367 e. The Labute approximate surface area is 163 Å². The Morgan fingerprint density at radius 2 is 2.18 bits per heavy atom. The van der Waals surface area contributed by atoms with Crippen molar-refractivity contribution in [2.24, 2.45) is 5.73 Å². The number of nitrogens with zero attached hydrogens (tertiary/aromatic N) is 1. The van der Waals surface area contributed by atoms with E-state index < -0.39 is 11.7 Å². The van der Waals surface area contributed by atoms with Gasteiger partial charge in [-0.3, -0.25) is 9.59 Å². The number of fused-ring (bicyclic) bond motifs is 1. The van der Waals surface area contributed by atoms with Gasteiger partial charge in [0.25, 0.3) is 11.8 Å². The molecule has 1 aromatic carbocycles. The van der Waals surface area contributed by atoms with Crippen molar-refractivity contribution in [2.45, 2.75) is 46.1 Å². The van der Waals surface area contributed by atoms with Gasteiger partial charge in [0.2, 0.25) is 0 Å². The highest BCUT2D eigenvalue weighted by Gasteiger charge is 2.28. The molecule has 1 atom stereocenters. The fourth-order valence-corrected chi connectivity index (χ4v) is 3.80. The maximum Gasteiger partial charge on any atom is 0.296 e. The maximum atomic E-state index is 15.1. The highest BCUT2D eigenvalue weighted by molar-refractivity contribution is 6.10. The number of halogens is 1. The van der Waals surface area contributed by atoms with E-state index in [1.165, 1.54) is 6.07 Å². The lowest BCUT2D eigenvalue weighted by Gasteiger charge is -2.35. The summed E-state index contributed by atoms with van der Waals surface area (Å²) in [5.74, 6) is 3.85. The summed E-state index contributed by atoms with van der Waals surface area (Å²) in [5, 5.41) is 3.58. The van der Waals surface area contributed by atoms with Crippen LogP contribution in [0.25, 0.3) is 10.9 Å². The molecule has 4 N–H and O–H groups in total. The van der Waals surface area contributed by atoms with Crippen LogP contribution in [0.15, 0.2) is 6.07 Å². The standard InChI is InChI=1S/C21H25FN4O2/c1-4-5-8-17(27)25-14-7-6-9-26(11-14)20-16(22)10-15(21(23)28)19-18(20)12(2)13(3)24-19/h10,14,24H,4,6-7,9,11H2,1-3H3,(H2,23,28)(H,25,27). The van der Waals surface area contributed by atoms with Crippen molar-refractivity contribution in [1.82, 2.24) is 10.3 Å². The topological polar surface area (TPSA) is 91.2 Å². The van der Waals surface area contributed by atoms with Crippen LogP contribution >= 0.6 is 0 Å². The van der Waals surface area contributed by atoms with E-state index in [1.54, 1.807) is 0 Å². The number of aryl methyl sites for hydroxylation is 2. The van der Waals surface area contributed by atoms with Crippen LogP contribution in [0.5, 0.6) is 0 Å². The number of aromatic nitrogens is 1. The second-order valence-corrected chi connectivity index (χ2v) is 7.16. The molecule has 6 nitrogen and oxygen atoms in total. The van der Waals surface area contributed by atoms with Crippen LogP contribution < -0.4 is 16.0 Å². The molecule has 2 heterocycles. The van der Waals surface area contributed by atoms with Gasteiger partial charge in [0.1, 0.15) is 5.82 Å². The summed E-state index contributed by atoms with van der Waals surface area (Å²) in [6.07, 6.45) is 2.24. The number of carbonyl (C=O) groups is 2. The number of carbonyl (C=O) groups excluding carboxylic acids is 2. The van der Waals surface area contributed by atoms with E-state index >= 15 is 4.39 Å². The Kier molecular flexibility index (Phi) is 5.59. The highest BCUT2D eigenvalue weighted by Crippen LogP contribution is 2.37. The molecule has 2 amide bonds. The van der Waals surface area contributed by atoms with Crippen LogP contribution in [0.1, 0.15) is 47.8 Å². The molecule has 1 unspecified atom stereocenters. The molecule has 1 aliphatic heterocycles. The molecule has 3 rings (SSSR count). The smallest absolute Gasteiger partial charge is 0.296 e. The van der Waals surface area contributed by atoms with E-state index in [1.807, 2.05) is 25.7 Å². The molecule has 0 spiro atoms. The van der Waals surface area contributed by atoms with Crippen molar-refractivity contribution in [2.75, 3.05) is 18.0 Å². The number of rotatable bonds is 3. The first-order valence-corrected chi connectivity index (χ1v) is 9.49. The second kappa shape index (κ2) is 7.93. The third-order valence-electron chi connectivity index (χ3n) is 5.22. The maximum absolute atomic E-state index is 15.1. The fourth-order valence-electron chi connectivity index (χ4n) is 3.80. The number of hydrogen-bond donors (Lipinski definition) is 3. The first kappa shape index (κ1) is 19.7. The van der Waals surface area contributed by atoms with Gasteiger partial charge in [-0.25, -0.2) is 4.39 Å². The molecular weight excluding hydrogens is 359 g/mol. The van der Waals surface area contributed by atoms with Gasteiger partial charge < -0.3 is 20.9 Å². The number of nitrogens with one attached hydrogen (secondary N) is 2. The van der Waals surface area contributed by atoms with Crippen LogP contribution in [0.2, 0.25) is 0 Å². The molecule has 0 radical (unpaired) electrons. The summed E-state index contributed by atoms with van der Waals surface area (Å²) in [6.45, 7) is 6.80. The van der Waals surface area contributed by atoms with E-state index in [0.29, 0.717) is 36.1 Å². The van der Waals surface area contributed by atoms with Crippen LogP contribution in [0, 0.1) is 31.5 Å². The number of nitrogens with two attached hydrogens (primary N) is 1. The summed E-state index contributed by atoms with van der Waals surface area (Å²) >= 11 is 0. The highest BCUT2D eigenvalue weighted by atomic mass is 19.1. The number of H-pyrrole nitrogens is 1. The van der Waals surface area contributed by atoms with Crippen LogP contribution in [0.4, 0.5) is 10.1 Å². The zero-order chi connectivity index (χ0) is 20.4. The average molecular weight is 384 g/mol. The van der Waals surface area contributed by atoms with Gasteiger partial charge in [-0.1, -0.05) is 12.8 Å². The number of amides is 2. The van der Waals surface area contributed by atoms with Crippen molar-refractivity contribution < 1.29 is 14.0 Å². The first-order valence-electron chi connectivity index (χ1n) is 9.49. The minimum atomic E-state index is -0.671. The molecule has 0 saturated carbocycles. The lowest BCUT2D eigenvalue weighted by molar-refractivity contribution is -0.116. The summed E-state index contributed by atoms with van der Waals surface area (Å²) in [4.78, 5) is 28.8. The molecule has 28 heavy (non-hydrogen) atoms. The van der Waals surface area contributed by atoms with Crippen LogP contribution in [0.3, 0.4) is 0 Å². The van der Waals surface area contributed by atoms with Gasteiger partial charge in [-0.15, -0.1) is 0 Å². The van der Waals surface area contributed by atoms with Gasteiger partial charge in [-0.2, -0.15) is 0 Å². The summed E-state index contributed by atoms with van der Waals surface area (Å²) in [5.41, 5.74) is 8.34. The molecule has 1 aromatic heterocycles. The molecule has 2 aromatic rings. The van der Waals surface area contributed by atoms with Gasteiger partial charge in [0, 0.05) is 36.6 Å². The Bertz CT molecular complexity index is 999. The molecule has 1 fully saturated rings. The first-order chi connectivity index (χ1) is 13.3. The van der Waals surface area contributed by atoms with E-state index in [2.05, 4.69) is 22.1 Å². The molecular formula is C21H25FN4O2. The zero-order valence-corrected chi connectivity index (χ0v) is 16.4. The second-order valence-electron chi connectivity index (χ2n) is 7.16. The van der Waals surface area contributed by atoms with Crippen molar-refractivity contribution in [3.8, 4) is 11.8 Å². The third kappa shape index (κ3) is 3.68. The Morgan fingerprint density at radius 3 is 2.86 bits per heavy atom. The lowest BCUT2D eigenvalue weighted by atomic mass is 10.0. The number of hydrogen-bond acceptors (Lipinski definition) is 3. The molecule has 1 aliphatic rings. The van der Waals surface area contributed by atoms with E-state index in [-0.39, 0.29) is 17.5 Å². The summed E-state index contributed by atoms with van der Waals surface area (Å²) in [6, 6.07) is 1.09. The third-order valence-corrected chi connectivity index (χ3v) is 5.22. The number of benzene rings is 1. The van der Waals surface area contributed by atoms with E-state index in [4.69, 9.17) is 5.73 Å². The Balaban J connectivity index is 1.99. The normalized spacial score (nSPS) is 16.6. The van der Waals surface area contributed by atoms with Crippen molar-refractivity contribution in [1.29, 1.82) is 0 Å². The Morgan fingerprint density at radius 1 is 1.43 bits per heavy atom. The summed E-state index contributed by atoms with van der Waals surface area (Å²) in [7, 11) is 0. The lowest BCUT2D eigenvalue weighted by Crippen LogP contribution is -2.47. The van der Waals surface area contributed by atoms with Gasteiger partial charge in [0.15, 0.2) is 0 Å². The minimum Gasteiger partial charge on any atom is -0.367 e. The predicted octanol–water partition coefficient (Wildman–Crippen LogP) is 2.52. The minimum absolute atomic E-state index is 0.113. The number of anilines is 1. The number of piperidine rings is 1. The van der Waals surface area contributed by atoms with Gasteiger partial charge in [0.05, 0.1) is 16.8 Å². The number of aromatic amines is 1. The summed E-state index contributed by atoms with van der Waals surface area (Å²) < 4.78 is 15.1. The predicted molar refractivity (Wildman–Crippen MR) is 108 cm³/mol. The van der Waals surface area contributed by atoms with Crippen LogP contribution in [-0.4, -0.2) is 35.9 Å². The molecule has 148 valence electrons. The molecule has 0 bridgehead atoms. The van der Waals surface area contributed by atoms with Crippen molar-refractivity contribution in [3.05, 3.63) is 28.7 Å². The Hall–Kier alpha value is -3.01. The number of primary amides is 1. The van der Waals surface area contributed by atoms with Crippen molar-refractivity contribution in [3.63, 3.8) is 0 Å². The molecule has 7 heteroatoms. The van der Waals surface area contributed by atoms with Gasteiger partial charge in [-0.05, 0) is 44.2 Å². The molecule has 1 saturated heterocycles. The van der Waals surface area contributed by atoms with Gasteiger partial charge >= 0.3 is 0 Å². The SMILES string of the molecule is CCC#CC(=O)NC1CCCN(c2c(F)cc(C(N)=O)c3[nH]c(C)c(C)c23)C1. The fraction of sp³-hybridized carbons (Fsp3) is 0.429. The monoisotopic (exact) mass is 384 g/mol. The molecule has 0 aliphatic carbocycles. The van der Waals surface area contributed by atoms with Crippen molar-refractivity contribution >= 4 is 28.4 Å². The average Bonchev–Trinajstić information content (AvgIpc) is 2.94. The van der Waals surface area contributed by atoms with E-state index in [0.717, 1.165) is 24.1 Å². The quantitative estimate of drug-likeness (QED) is 0.710. The zero-order valence-electron chi connectivity index (χ0n) is 16.4.